The topological polar surface area (TPSA) is 95.9 Å². The van der Waals surface area contributed by atoms with E-state index in [9.17, 15) is 19.5 Å². The van der Waals surface area contributed by atoms with Gasteiger partial charge in [-0.2, -0.15) is 0 Å². The van der Waals surface area contributed by atoms with E-state index < -0.39 is 24.0 Å². The molecule has 1 heterocycles. The largest absolute Gasteiger partial charge is 0.481 e. The lowest BCUT2D eigenvalue weighted by molar-refractivity contribution is -0.148. The van der Waals surface area contributed by atoms with E-state index in [2.05, 4.69) is 29.6 Å². The normalized spacial score (nSPS) is 20.5. The lowest BCUT2D eigenvalue weighted by atomic mass is 9.87. The number of hydrogen-bond donors (Lipinski definition) is 2. The monoisotopic (exact) mass is 450 g/mol. The van der Waals surface area contributed by atoms with Gasteiger partial charge in [-0.3, -0.25) is 9.59 Å². The molecule has 1 fully saturated rings. The minimum absolute atomic E-state index is 0.0246. The number of carbonyl (C=O) groups excluding carboxylic acids is 2. The Morgan fingerprint density at radius 3 is 2.30 bits per heavy atom. The lowest BCUT2D eigenvalue weighted by Crippen LogP contribution is -2.47. The van der Waals surface area contributed by atoms with E-state index in [4.69, 9.17) is 4.74 Å². The van der Waals surface area contributed by atoms with Crippen LogP contribution in [0.2, 0.25) is 0 Å². The first kappa shape index (κ1) is 22.8. The zero-order valence-corrected chi connectivity index (χ0v) is 19.0. The lowest BCUT2D eigenvalue weighted by Gasteiger charge is -2.35. The van der Waals surface area contributed by atoms with Crippen LogP contribution >= 0.6 is 0 Å². The van der Waals surface area contributed by atoms with Crippen LogP contribution in [0, 0.1) is 11.8 Å². The number of nitrogens with zero attached hydrogens (tertiary/aromatic N) is 1. The number of carboxylic acid groups (broad SMARTS) is 1. The average Bonchev–Trinajstić information content (AvgIpc) is 3.11. The van der Waals surface area contributed by atoms with Crippen molar-refractivity contribution >= 4 is 18.0 Å². The summed E-state index contributed by atoms with van der Waals surface area (Å²) in [5.74, 6) is -1.55. The van der Waals surface area contributed by atoms with Gasteiger partial charge >= 0.3 is 12.1 Å². The fourth-order valence-corrected chi connectivity index (χ4v) is 4.90. The summed E-state index contributed by atoms with van der Waals surface area (Å²) in [6.07, 6.45) is 0.204. The predicted molar refractivity (Wildman–Crippen MR) is 124 cm³/mol. The zero-order valence-electron chi connectivity index (χ0n) is 19.0. The van der Waals surface area contributed by atoms with Crippen molar-refractivity contribution in [2.24, 2.45) is 11.8 Å². The Hall–Kier alpha value is -3.35. The van der Waals surface area contributed by atoms with Gasteiger partial charge < -0.3 is 20.1 Å². The standard InChI is InChI=1S/C26H30N2O5/c1-16-11-12-28(14-22(16)25(30)31)24(29)13-17(2)27-26(32)33-15-23-20-9-5-3-7-18(20)19-8-4-6-10-21(19)23/h3-10,16-17,22-23H,11-15H2,1-2H3,(H,27,32)(H,30,31)/t16?,17-,22?/m0/s1. The molecule has 3 atom stereocenters. The summed E-state index contributed by atoms with van der Waals surface area (Å²) in [7, 11) is 0. The molecule has 33 heavy (non-hydrogen) atoms. The third-order valence-corrected chi connectivity index (χ3v) is 6.82. The van der Waals surface area contributed by atoms with Crippen molar-refractivity contribution < 1.29 is 24.2 Å². The molecular weight excluding hydrogens is 420 g/mol. The molecule has 2 aromatic rings. The van der Waals surface area contributed by atoms with Crippen molar-refractivity contribution in [3.63, 3.8) is 0 Å². The highest BCUT2D eigenvalue weighted by Crippen LogP contribution is 2.44. The molecule has 1 aliphatic heterocycles. The number of likely N-dealkylation sites (tertiary alicyclic amines) is 1. The number of nitrogens with one attached hydrogen (secondary N) is 1. The molecule has 0 radical (unpaired) electrons. The van der Waals surface area contributed by atoms with Gasteiger partial charge in [-0.15, -0.1) is 0 Å². The number of amides is 2. The summed E-state index contributed by atoms with van der Waals surface area (Å²) < 4.78 is 5.55. The second kappa shape index (κ2) is 9.65. The van der Waals surface area contributed by atoms with Crippen LogP contribution in [-0.4, -0.2) is 53.7 Å². The molecule has 7 heteroatoms. The van der Waals surface area contributed by atoms with E-state index in [0.717, 1.165) is 22.3 Å². The first-order chi connectivity index (χ1) is 15.8. The molecule has 174 valence electrons. The molecule has 2 aliphatic rings. The number of ether oxygens (including phenoxy) is 1. The number of aliphatic carboxylic acids is 1. The number of alkyl carbamates (subject to hydrolysis) is 1. The van der Waals surface area contributed by atoms with E-state index in [1.54, 1.807) is 11.8 Å². The Bertz CT molecular complexity index is 1010. The van der Waals surface area contributed by atoms with Gasteiger partial charge in [0.2, 0.25) is 5.91 Å². The summed E-state index contributed by atoms with van der Waals surface area (Å²) in [5.41, 5.74) is 4.61. The highest BCUT2D eigenvalue weighted by Gasteiger charge is 2.34. The molecule has 7 nitrogen and oxygen atoms in total. The Morgan fingerprint density at radius 2 is 1.70 bits per heavy atom. The summed E-state index contributed by atoms with van der Waals surface area (Å²) in [5, 5.41) is 12.1. The molecule has 1 aliphatic carbocycles. The molecule has 1 saturated heterocycles. The van der Waals surface area contributed by atoms with Gasteiger partial charge in [-0.1, -0.05) is 55.5 Å². The average molecular weight is 451 g/mol. The fraction of sp³-hybridized carbons (Fsp3) is 0.423. The van der Waals surface area contributed by atoms with E-state index in [1.165, 1.54) is 0 Å². The summed E-state index contributed by atoms with van der Waals surface area (Å²) in [6, 6.07) is 15.9. The highest BCUT2D eigenvalue weighted by molar-refractivity contribution is 5.80. The maximum absolute atomic E-state index is 12.6. The van der Waals surface area contributed by atoms with Crippen molar-refractivity contribution in [1.82, 2.24) is 10.2 Å². The zero-order chi connectivity index (χ0) is 23.5. The molecule has 4 rings (SSSR count). The summed E-state index contributed by atoms with van der Waals surface area (Å²) in [6.45, 7) is 4.63. The Balaban J connectivity index is 1.30. The number of rotatable bonds is 6. The third-order valence-electron chi connectivity index (χ3n) is 6.82. The number of carboxylic acids is 1. The third kappa shape index (κ3) is 4.87. The number of carbonyl (C=O) groups is 3. The minimum atomic E-state index is -0.871. The molecule has 2 aromatic carbocycles. The SMILES string of the molecule is CC1CCN(C(=O)C[C@H](C)NC(=O)OCC2c3ccccc3-c3ccccc32)CC1C(=O)O. The van der Waals surface area contributed by atoms with E-state index in [0.29, 0.717) is 13.0 Å². The Kier molecular flexibility index (Phi) is 6.67. The molecule has 0 spiro atoms. The number of hydrogen-bond acceptors (Lipinski definition) is 4. The first-order valence-electron chi connectivity index (χ1n) is 11.5. The van der Waals surface area contributed by atoms with Crippen LogP contribution < -0.4 is 5.32 Å². The maximum Gasteiger partial charge on any atom is 0.407 e. The predicted octanol–water partition coefficient (Wildman–Crippen LogP) is 3.87. The van der Waals surface area contributed by atoms with Gasteiger partial charge in [0.1, 0.15) is 6.61 Å². The molecule has 0 bridgehead atoms. The number of piperidine rings is 1. The van der Waals surface area contributed by atoms with Crippen LogP contribution in [0.4, 0.5) is 4.79 Å². The Labute approximate surface area is 193 Å². The molecular formula is C26H30N2O5. The van der Waals surface area contributed by atoms with Crippen LogP contribution in [0.15, 0.2) is 48.5 Å². The molecule has 2 N–H and O–H groups in total. The quantitative estimate of drug-likeness (QED) is 0.697. The molecule has 2 unspecified atom stereocenters. The van der Waals surface area contributed by atoms with E-state index in [-0.39, 0.29) is 37.3 Å². The van der Waals surface area contributed by atoms with Crippen LogP contribution in [0.25, 0.3) is 11.1 Å². The molecule has 0 saturated carbocycles. The van der Waals surface area contributed by atoms with Crippen molar-refractivity contribution in [2.75, 3.05) is 19.7 Å². The van der Waals surface area contributed by atoms with Crippen molar-refractivity contribution in [3.05, 3.63) is 59.7 Å². The van der Waals surface area contributed by atoms with Gasteiger partial charge in [0.25, 0.3) is 0 Å². The smallest absolute Gasteiger partial charge is 0.407 e. The van der Waals surface area contributed by atoms with Gasteiger partial charge in [0, 0.05) is 31.5 Å². The van der Waals surface area contributed by atoms with E-state index >= 15 is 0 Å². The van der Waals surface area contributed by atoms with Crippen LogP contribution in [0.3, 0.4) is 0 Å². The first-order valence-corrected chi connectivity index (χ1v) is 11.5. The maximum atomic E-state index is 12.6. The number of fused-ring (bicyclic) bond motifs is 3. The van der Waals surface area contributed by atoms with Gasteiger partial charge in [-0.25, -0.2) is 4.79 Å². The fourth-order valence-electron chi connectivity index (χ4n) is 4.90. The highest BCUT2D eigenvalue weighted by atomic mass is 16.5. The minimum Gasteiger partial charge on any atom is -0.481 e. The van der Waals surface area contributed by atoms with Crippen molar-refractivity contribution in [2.45, 2.75) is 38.6 Å². The van der Waals surface area contributed by atoms with Crippen molar-refractivity contribution in [1.29, 1.82) is 0 Å². The van der Waals surface area contributed by atoms with Gasteiger partial charge in [0.15, 0.2) is 0 Å². The second-order valence-electron chi connectivity index (χ2n) is 9.13. The van der Waals surface area contributed by atoms with E-state index in [1.807, 2.05) is 31.2 Å². The molecule has 2 amide bonds. The van der Waals surface area contributed by atoms with Gasteiger partial charge in [-0.05, 0) is 41.5 Å². The Morgan fingerprint density at radius 1 is 1.09 bits per heavy atom. The molecule has 0 aromatic heterocycles. The van der Waals surface area contributed by atoms with Crippen LogP contribution in [-0.2, 0) is 14.3 Å². The van der Waals surface area contributed by atoms with Crippen LogP contribution in [0.5, 0.6) is 0 Å². The summed E-state index contributed by atoms with van der Waals surface area (Å²) in [4.78, 5) is 38.1. The number of benzene rings is 2. The van der Waals surface area contributed by atoms with Crippen molar-refractivity contribution in [3.8, 4) is 11.1 Å². The van der Waals surface area contributed by atoms with Gasteiger partial charge in [0.05, 0.1) is 5.92 Å². The summed E-state index contributed by atoms with van der Waals surface area (Å²) >= 11 is 0. The second-order valence-corrected chi connectivity index (χ2v) is 9.13. The van der Waals surface area contributed by atoms with Crippen LogP contribution in [0.1, 0.15) is 43.7 Å².